The van der Waals surface area contributed by atoms with E-state index >= 15 is 0 Å². The SMILES string of the molecule is O=C(O)[C@H]1CCCCN1C(=O)[C@H]1CC12CCOCC2. The molecular formula is C14H21NO4. The fourth-order valence-electron chi connectivity index (χ4n) is 3.68. The van der Waals surface area contributed by atoms with Crippen LogP contribution in [0.5, 0.6) is 0 Å². The summed E-state index contributed by atoms with van der Waals surface area (Å²) in [6, 6.07) is -0.598. The lowest BCUT2D eigenvalue weighted by Gasteiger charge is -2.34. The number of piperidine rings is 1. The van der Waals surface area contributed by atoms with Crippen molar-refractivity contribution in [2.75, 3.05) is 19.8 Å². The molecule has 2 aliphatic heterocycles. The Morgan fingerprint density at radius 2 is 1.95 bits per heavy atom. The van der Waals surface area contributed by atoms with E-state index in [1.54, 1.807) is 4.90 Å². The third kappa shape index (κ3) is 2.24. The number of carboxylic acids is 1. The van der Waals surface area contributed by atoms with Crippen LogP contribution in [0.4, 0.5) is 0 Å². The third-order valence-corrected chi connectivity index (χ3v) is 5.05. The molecule has 1 saturated carbocycles. The number of rotatable bonds is 2. The molecule has 0 aromatic carbocycles. The Balaban J connectivity index is 1.68. The van der Waals surface area contributed by atoms with Crippen LogP contribution in [0.2, 0.25) is 0 Å². The molecule has 1 amide bonds. The molecule has 19 heavy (non-hydrogen) atoms. The van der Waals surface area contributed by atoms with Crippen LogP contribution in [0.25, 0.3) is 0 Å². The first kappa shape index (κ1) is 12.9. The molecule has 2 saturated heterocycles. The summed E-state index contributed by atoms with van der Waals surface area (Å²) in [5.41, 5.74) is 0.135. The molecule has 1 spiro atoms. The lowest BCUT2D eigenvalue weighted by Crippen LogP contribution is -2.49. The van der Waals surface area contributed by atoms with Gasteiger partial charge in [-0.3, -0.25) is 4.79 Å². The van der Waals surface area contributed by atoms with Crippen LogP contribution in [0.15, 0.2) is 0 Å². The van der Waals surface area contributed by atoms with Gasteiger partial charge in [0, 0.05) is 25.7 Å². The van der Waals surface area contributed by atoms with Crippen LogP contribution in [0.1, 0.15) is 38.5 Å². The topological polar surface area (TPSA) is 66.8 Å². The van der Waals surface area contributed by atoms with Gasteiger partial charge in [0.25, 0.3) is 0 Å². The Bertz CT molecular complexity index is 389. The molecule has 3 aliphatic rings. The Kier molecular flexibility index (Phi) is 3.25. The van der Waals surface area contributed by atoms with Gasteiger partial charge in [0.1, 0.15) is 6.04 Å². The lowest BCUT2D eigenvalue weighted by molar-refractivity contribution is -0.153. The molecule has 3 rings (SSSR count). The Morgan fingerprint density at radius 1 is 1.21 bits per heavy atom. The summed E-state index contributed by atoms with van der Waals surface area (Å²) in [6.45, 7) is 2.09. The number of nitrogens with zero attached hydrogens (tertiary/aromatic N) is 1. The van der Waals surface area contributed by atoms with Crippen LogP contribution in [-0.4, -0.2) is 47.7 Å². The predicted molar refractivity (Wildman–Crippen MR) is 67.6 cm³/mol. The zero-order chi connectivity index (χ0) is 13.5. The molecular weight excluding hydrogens is 246 g/mol. The van der Waals surface area contributed by atoms with Gasteiger partial charge in [0.05, 0.1) is 0 Å². The van der Waals surface area contributed by atoms with E-state index in [1.807, 2.05) is 0 Å². The normalized spacial score (nSPS) is 33.2. The third-order valence-electron chi connectivity index (χ3n) is 5.05. The Hall–Kier alpha value is -1.10. The highest BCUT2D eigenvalue weighted by Crippen LogP contribution is 2.60. The molecule has 3 fully saturated rings. The minimum Gasteiger partial charge on any atom is -0.480 e. The van der Waals surface area contributed by atoms with Gasteiger partial charge in [-0.15, -0.1) is 0 Å². The van der Waals surface area contributed by atoms with Gasteiger partial charge in [-0.05, 0) is 43.9 Å². The number of ether oxygens (including phenoxy) is 1. The van der Waals surface area contributed by atoms with Crippen molar-refractivity contribution in [1.82, 2.24) is 4.90 Å². The molecule has 0 aromatic rings. The first-order chi connectivity index (χ1) is 9.14. The van der Waals surface area contributed by atoms with Gasteiger partial charge in [-0.2, -0.15) is 0 Å². The fraction of sp³-hybridized carbons (Fsp3) is 0.857. The summed E-state index contributed by atoms with van der Waals surface area (Å²) in [5, 5.41) is 9.25. The van der Waals surface area contributed by atoms with Crippen LogP contribution in [0, 0.1) is 11.3 Å². The van der Waals surface area contributed by atoms with E-state index in [9.17, 15) is 14.7 Å². The summed E-state index contributed by atoms with van der Waals surface area (Å²) in [7, 11) is 0. The largest absolute Gasteiger partial charge is 0.480 e. The summed E-state index contributed by atoms with van der Waals surface area (Å²) < 4.78 is 5.36. The molecule has 106 valence electrons. The van der Waals surface area contributed by atoms with Crippen LogP contribution < -0.4 is 0 Å². The monoisotopic (exact) mass is 267 g/mol. The van der Waals surface area contributed by atoms with Gasteiger partial charge >= 0.3 is 5.97 Å². The number of amides is 1. The minimum absolute atomic E-state index is 0.0522. The molecule has 0 unspecified atom stereocenters. The van der Waals surface area contributed by atoms with E-state index in [4.69, 9.17) is 4.74 Å². The summed E-state index contributed by atoms with van der Waals surface area (Å²) in [6.07, 6.45) is 5.27. The van der Waals surface area contributed by atoms with E-state index in [2.05, 4.69) is 0 Å². The summed E-state index contributed by atoms with van der Waals surface area (Å²) in [4.78, 5) is 25.5. The molecule has 0 radical (unpaired) electrons. The van der Waals surface area contributed by atoms with E-state index in [-0.39, 0.29) is 17.2 Å². The maximum atomic E-state index is 12.6. The van der Waals surface area contributed by atoms with Crippen LogP contribution >= 0.6 is 0 Å². The number of carbonyl (C=O) groups excluding carboxylic acids is 1. The number of carboxylic acid groups (broad SMARTS) is 1. The van der Waals surface area contributed by atoms with Crippen molar-refractivity contribution < 1.29 is 19.4 Å². The predicted octanol–water partition coefficient (Wildman–Crippen LogP) is 1.27. The standard InChI is InChI=1S/C14H21NO4/c16-12(10-9-14(10)4-7-19-8-5-14)15-6-2-1-3-11(15)13(17)18/h10-11H,1-9H2,(H,17,18)/t10-,11-/m1/s1. The second-order valence-corrected chi connectivity index (χ2v) is 6.11. The quantitative estimate of drug-likeness (QED) is 0.818. The average Bonchev–Trinajstić information content (AvgIpc) is 3.12. The van der Waals surface area contributed by atoms with Gasteiger partial charge in [0.2, 0.25) is 5.91 Å². The van der Waals surface area contributed by atoms with Crippen LogP contribution in [-0.2, 0) is 14.3 Å². The maximum absolute atomic E-state index is 12.6. The van der Waals surface area contributed by atoms with Crippen molar-refractivity contribution in [2.45, 2.75) is 44.6 Å². The minimum atomic E-state index is -0.852. The van der Waals surface area contributed by atoms with Crippen LogP contribution in [0.3, 0.4) is 0 Å². The molecule has 5 nitrogen and oxygen atoms in total. The summed E-state index contributed by atoms with van der Waals surface area (Å²) in [5.74, 6) is -0.722. The fourth-order valence-corrected chi connectivity index (χ4v) is 3.68. The average molecular weight is 267 g/mol. The van der Waals surface area contributed by atoms with E-state index in [0.29, 0.717) is 13.0 Å². The highest BCUT2D eigenvalue weighted by Gasteiger charge is 2.59. The number of hydrogen-bond donors (Lipinski definition) is 1. The molecule has 2 atom stereocenters. The van der Waals surface area contributed by atoms with E-state index < -0.39 is 12.0 Å². The van der Waals surface area contributed by atoms with Crippen molar-refractivity contribution in [3.05, 3.63) is 0 Å². The van der Waals surface area contributed by atoms with Crippen molar-refractivity contribution >= 4 is 11.9 Å². The second kappa shape index (κ2) is 4.78. The zero-order valence-corrected chi connectivity index (χ0v) is 11.1. The summed E-state index contributed by atoms with van der Waals surface area (Å²) >= 11 is 0. The number of carbonyl (C=O) groups is 2. The van der Waals surface area contributed by atoms with Crippen molar-refractivity contribution in [2.24, 2.45) is 11.3 Å². The van der Waals surface area contributed by atoms with Crippen molar-refractivity contribution in [3.8, 4) is 0 Å². The van der Waals surface area contributed by atoms with Gasteiger partial charge in [0.15, 0.2) is 0 Å². The molecule has 1 N–H and O–H groups in total. The first-order valence-electron chi connectivity index (χ1n) is 7.25. The molecule has 2 heterocycles. The molecule has 0 aromatic heterocycles. The van der Waals surface area contributed by atoms with Crippen molar-refractivity contribution in [3.63, 3.8) is 0 Å². The molecule has 0 bridgehead atoms. The van der Waals surface area contributed by atoms with Gasteiger partial charge in [-0.25, -0.2) is 4.79 Å². The number of likely N-dealkylation sites (tertiary alicyclic amines) is 1. The smallest absolute Gasteiger partial charge is 0.326 e. The first-order valence-corrected chi connectivity index (χ1v) is 7.25. The van der Waals surface area contributed by atoms with Gasteiger partial charge < -0.3 is 14.7 Å². The zero-order valence-electron chi connectivity index (χ0n) is 11.1. The van der Waals surface area contributed by atoms with E-state index in [0.717, 1.165) is 45.3 Å². The van der Waals surface area contributed by atoms with E-state index in [1.165, 1.54) is 0 Å². The molecule has 5 heteroatoms. The Morgan fingerprint density at radius 3 is 2.63 bits per heavy atom. The lowest BCUT2D eigenvalue weighted by atomic mass is 9.92. The van der Waals surface area contributed by atoms with Crippen molar-refractivity contribution in [1.29, 1.82) is 0 Å². The highest BCUT2D eigenvalue weighted by molar-refractivity contribution is 5.87. The maximum Gasteiger partial charge on any atom is 0.326 e. The number of hydrogen-bond acceptors (Lipinski definition) is 3. The second-order valence-electron chi connectivity index (χ2n) is 6.11. The number of aliphatic carboxylic acids is 1. The van der Waals surface area contributed by atoms with Gasteiger partial charge in [-0.1, -0.05) is 0 Å². The highest BCUT2D eigenvalue weighted by atomic mass is 16.5. The Labute approximate surface area is 112 Å². The molecule has 1 aliphatic carbocycles.